The Kier molecular flexibility index (Phi) is 7.29. The van der Waals surface area contributed by atoms with Crippen LogP contribution in [0.3, 0.4) is 0 Å². The Bertz CT molecular complexity index is 1890. The first-order valence-corrected chi connectivity index (χ1v) is 13.8. The average Bonchev–Trinajstić information content (AvgIpc) is 3.44. The molecule has 0 N–H and O–H groups in total. The van der Waals surface area contributed by atoms with Gasteiger partial charge in [0, 0.05) is 21.7 Å². The average molecular weight is 593 g/mol. The van der Waals surface area contributed by atoms with E-state index in [1.54, 1.807) is 110 Å². The predicted octanol–water partition coefficient (Wildman–Crippen LogP) is 6.39. The Morgan fingerprint density at radius 3 is 2.12 bits per heavy atom. The number of hydrogen-bond acceptors (Lipinski definition) is 6. The number of imide groups is 1. The number of hydrogen-bond donors (Lipinski definition) is 0. The van der Waals surface area contributed by atoms with Gasteiger partial charge in [-0.05, 0) is 84.8 Å². The zero-order valence-corrected chi connectivity index (χ0v) is 24.1. The maximum absolute atomic E-state index is 13.5. The van der Waals surface area contributed by atoms with E-state index >= 15 is 0 Å². The molecule has 6 rings (SSSR count). The van der Waals surface area contributed by atoms with Crippen molar-refractivity contribution in [1.29, 1.82) is 0 Å². The van der Waals surface area contributed by atoms with Crippen LogP contribution in [0.1, 0.15) is 47.9 Å². The van der Waals surface area contributed by atoms with Gasteiger partial charge in [0.1, 0.15) is 12.4 Å². The third-order valence-electron chi connectivity index (χ3n) is 7.55. The van der Waals surface area contributed by atoms with Gasteiger partial charge in [-0.2, -0.15) is 0 Å². The summed E-state index contributed by atoms with van der Waals surface area (Å²) >= 11 is 6.01. The Hall–Kier alpha value is -5.21. The van der Waals surface area contributed by atoms with Crippen molar-refractivity contribution in [2.45, 2.75) is 20.0 Å². The van der Waals surface area contributed by atoms with E-state index in [1.165, 1.54) is 0 Å². The number of carbonyl (C=O) groups is 4. The van der Waals surface area contributed by atoms with Gasteiger partial charge in [0.2, 0.25) is 0 Å². The molecule has 0 aliphatic carbocycles. The molecule has 0 atom stereocenters. The first kappa shape index (κ1) is 27.9. The van der Waals surface area contributed by atoms with Crippen LogP contribution in [0.2, 0.25) is 5.02 Å². The topological polar surface area (TPSA) is 94.9 Å². The van der Waals surface area contributed by atoms with E-state index < -0.39 is 5.97 Å². The van der Waals surface area contributed by atoms with Gasteiger partial charge in [-0.25, -0.2) is 4.90 Å². The van der Waals surface area contributed by atoms with Crippen LogP contribution in [-0.2, 0) is 22.6 Å². The van der Waals surface area contributed by atoms with Gasteiger partial charge in [-0.3, -0.25) is 23.7 Å². The number of fused-ring (bicyclic) bond motifs is 2. The van der Waals surface area contributed by atoms with E-state index in [1.807, 2.05) is 0 Å². The van der Waals surface area contributed by atoms with Gasteiger partial charge >= 0.3 is 5.97 Å². The fraction of sp³-hybridized carbons (Fsp3) is 0.118. The lowest BCUT2D eigenvalue weighted by Crippen LogP contribution is -2.29. The van der Waals surface area contributed by atoms with E-state index in [0.29, 0.717) is 60.9 Å². The highest BCUT2D eigenvalue weighted by Crippen LogP contribution is 2.32. The minimum Gasteiger partial charge on any atom is -0.497 e. The molecular weight excluding hydrogens is 568 g/mol. The third-order valence-corrected chi connectivity index (χ3v) is 7.80. The van der Waals surface area contributed by atoms with Gasteiger partial charge in [0.05, 0.1) is 35.9 Å². The third kappa shape index (κ3) is 5.06. The standard InChI is InChI=1S/C34H25ClN2O6/c1-20-28(29-17-25(42-2)15-16-30(29)36(20)32(39)22-9-11-23(35)12-10-22)18-31(38)43-19-21-7-13-24(14-8-21)37-33(40)26-5-3-4-6-27(26)34(37)41/h3-17H,18-19H2,1-2H3. The zero-order valence-electron chi connectivity index (χ0n) is 23.3. The summed E-state index contributed by atoms with van der Waals surface area (Å²) in [7, 11) is 1.55. The van der Waals surface area contributed by atoms with Crippen LogP contribution in [0.4, 0.5) is 5.69 Å². The molecule has 0 radical (unpaired) electrons. The SMILES string of the molecule is COc1ccc2c(c1)c(CC(=O)OCc1ccc(N3C(=O)c4ccccc4C3=O)cc1)c(C)n2C(=O)c1ccc(Cl)cc1. The van der Waals surface area contributed by atoms with Gasteiger partial charge < -0.3 is 9.47 Å². The first-order chi connectivity index (χ1) is 20.8. The van der Waals surface area contributed by atoms with Gasteiger partial charge in [-0.15, -0.1) is 0 Å². The number of aromatic nitrogens is 1. The largest absolute Gasteiger partial charge is 0.497 e. The Morgan fingerprint density at radius 1 is 0.837 bits per heavy atom. The van der Waals surface area contributed by atoms with Crippen LogP contribution in [-0.4, -0.2) is 35.4 Å². The Morgan fingerprint density at radius 2 is 1.49 bits per heavy atom. The molecular formula is C34H25ClN2O6. The van der Waals surface area contributed by atoms with Crippen molar-refractivity contribution in [1.82, 2.24) is 4.57 Å². The summed E-state index contributed by atoms with van der Waals surface area (Å²) in [5, 5.41) is 1.23. The second kappa shape index (κ2) is 11.2. The Balaban J connectivity index is 1.19. The normalized spacial score (nSPS) is 12.5. The molecule has 5 aromatic rings. The summed E-state index contributed by atoms with van der Waals surface area (Å²) in [5.41, 5.74) is 4.23. The lowest BCUT2D eigenvalue weighted by atomic mass is 10.1. The molecule has 43 heavy (non-hydrogen) atoms. The van der Waals surface area contributed by atoms with Gasteiger partial charge in [0.25, 0.3) is 17.7 Å². The minimum absolute atomic E-state index is 0.00799. The summed E-state index contributed by atoms with van der Waals surface area (Å²) in [6.07, 6.45) is -0.0659. The smallest absolute Gasteiger partial charge is 0.310 e. The highest BCUT2D eigenvalue weighted by atomic mass is 35.5. The van der Waals surface area contributed by atoms with Crippen LogP contribution in [0.5, 0.6) is 5.75 Å². The maximum Gasteiger partial charge on any atom is 0.310 e. The van der Waals surface area contributed by atoms with Crippen LogP contribution in [0.25, 0.3) is 10.9 Å². The number of methoxy groups -OCH3 is 1. The summed E-state index contributed by atoms with van der Waals surface area (Å²) in [5.74, 6) is -0.882. The van der Waals surface area contributed by atoms with E-state index in [9.17, 15) is 19.2 Å². The van der Waals surface area contributed by atoms with Crippen molar-refractivity contribution in [3.8, 4) is 5.75 Å². The molecule has 0 bridgehead atoms. The van der Waals surface area contributed by atoms with Crippen molar-refractivity contribution >= 4 is 51.9 Å². The number of carbonyl (C=O) groups excluding carboxylic acids is 4. The molecule has 2 amide bonds. The molecule has 1 aliphatic heterocycles. The molecule has 4 aromatic carbocycles. The molecule has 1 aromatic heterocycles. The van der Waals surface area contributed by atoms with Crippen LogP contribution in [0.15, 0.2) is 91.0 Å². The fourth-order valence-corrected chi connectivity index (χ4v) is 5.45. The number of ether oxygens (including phenoxy) is 2. The highest BCUT2D eigenvalue weighted by Gasteiger charge is 2.36. The molecule has 1 aliphatic rings. The molecule has 0 unspecified atom stereocenters. The monoisotopic (exact) mass is 592 g/mol. The van der Waals surface area contributed by atoms with Gasteiger partial charge in [0.15, 0.2) is 0 Å². The minimum atomic E-state index is -0.478. The van der Waals surface area contributed by atoms with Crippen molar-refractivity contribution in [3.63, 3.8) is 0 Å². The molecule has 0 fully saturated rings. The summed E-state index contributed by atoms with van der Waals surface area (Å²) in [6, 6.07) is 25.4. The summed E-state index contributed by atoms with van der Waals surface area (Å²) in [6.45, 7) is 1.78. The van der Waals surface area contributed by atoms with E-state index in [0.717, 1.165) is 4.90 Å². The highest BCUT2D eigenvalue weighted by molar-refractivity contribution is 6.34. The van der Waals surface area contributed by atoms with Crippen molar-refractivity contribution in [2.24, 2.45) is 0 Å². The quantitative estimate of drug-likeness (QED) is 0.161. The number of benzene rings is 4. The first-order valence-electron chi connectivity index (χ1n) is 13.5. The molecule has 0 saturated carbocycles. The van der Waals surface area contributed by atoms with Crippen molar-refractivity contribution in [3.05, 3.63) is 130 Å². The van der Waals surface area contributed by atoms with E-state index in [-0.39, 0.29) is 30.7 Å². The van der Waals surface area contributed by atoms with E-state index in [4.69, 9.17) is 21.1 Å². The number of amides is 2. The lowest BCUT2D eigenvalue weighted by molar-refractivity contribution is -0.144. The molecule has 9 heteroatoms. The fourth-order valence-electron chi connectivity index (χ4n) is 5.32. The van der Waals surface area contributed by atoms with Gasteiger partial charge in [-0.1, -0.05) is 35.9 Å². The predicted molar refractivity (Wildman–Crippen MR) is 162 cm³/mol. The molecule has 0 spiro atoms. The number of rotatable bonds is 7. The van der Waals surface area contributed by atoms with Crippen molar-refractivity contribution < 1.29 is 28.7 Å². The second-order valence-corrected chi connectivity index (χ2v) is 10.5. The molecule has 0 saturated heterocycles. The maximum atomic E-state index is 13.5. The Labute approximate surface area is 252 Å². The lowest BCUT2D eigenvalue weighted by Gasteiger charge is -2.14. The number of esters is 1. The second-order valence-electron chi connectivity index (χ2n) is 10.1. The molecule has 2 heterocycles. The number of nitrogens with zero attached hydrogens (tertiary/aromatic N) is 2. The molecule has 214 valence electrons. The van der Waals surface area contributed by atoms with Crippen molar-refractivity contribution in [2.75, 3.05) is 12.0 Å². The summed E-state index contributed by atoms with van der Waals surface area (Å²) < 4.78 is 12.6. The number of anilines is 1. The number of halogens is 1. The summed E-state index contributed by atoms with van der Waals surface area (Å²) in [4.78, 5) is 53.3. The van der Waals surface area contributed by atoms with Crippen LogP contribution >= 0.6 is 11.6 Å². The van der Waals surface area contributed by atoms with Crippen LogP contribution < -0.4 is 9.64 Å². The zero-order chi connectivity index (χ0) is 30.2. The van der Waals surface area contributed by atoms with Crippen LogP contribution in [0, 0.1) is 6.92 Å². The van der Waals surface area contributed by atoms with E-state index in [2.05, 4.69) is 0 Å². The molecule has 8 nitrogen and oxygen atoms in total.